The molecule has 0 fully saturated rings. The summed E-state index contributed by atoms with van der Waals surface area (Å²) in [5.74, 6) is 0.320. The fraction of sp³-hybridized carbons (Fsp3) is 0.353. The highest BCUT2D eigenvalue weighted by atomic mass is 32.1. The zero-order valence-electron chi connectivity index (χ0n) is 13.4. The molecule has 23 heavy (non-hydrogen) atoms. The van der Waals surface area contributed by atoms with E-state index in [0.717, 1.165) is 38.4 Å². The largest absolute Gasteiger partial charge is 0.296 e. The SMILES string of the molecule is CCC(CC)c1nnc(NC(=O)c2sc3ccccc3c2C)s1. The Balaban J connectivity index is 1.82. The van der Waals surface area contributed by atoms with Crippen molar-refractivity contribution >= 4 is 43.8 Å². The molecule has 1 amide bonds. The van der Waals surface area contributed by atoms with Crippen LogP contribution in [0.4, 0.5) is 5.13 Å². The molecule has 0 aliphatic rings. The molecule has 0 spiro atoms. The van der Waals surface area contributed by atoms with E-state index in [1.165, 1.54) is 22.7 Å². The molecule has 0 bridgehead atoms. The Bertz CT molecular complexity index is 833. The predicted octanol–water partition coefficient (Wildman–Crippen LogP) is 5.22. The summed E-state index contributed by atoms with van der Waals surface area (Å²) in [6.45, 7) is 6.28. The highest BCUT2D eigenvalue weighted by Crippen LogP contribution is 2.32. The van der Waals surface area contributed by atoms with Crippen LogP contribution in [0.3, 0.4) is 0 Å². The van der Waals surface area contributed by atoms with Gasteiger partial charge in [-0.2, -0.15) is 0 Å². The van der Waals surface area contributed by atoms with E-state index < -0.39 is 0 Å². The van der Waals surface area contributed by atoms with Gasteiger partial charge in [-0.15, -0.1) is 21.5 Å². The third kappa shape index (κ3) is 3.14. The number of aromatic nitrogens is 2. The molecule has 0 saturated carbocycles. The van der Waals surface area contributed by atoms with Crippen molar-refractivity contribution in [1.29, 1.82) is 0 Å². The monoisotopic (exact) mass is 345 g/mol. The van der Waals surface area contributed by atoms with Gasteiger partial charge in [-0.25, -0.2) is 0 Å². The van der Waals surface area contributed by atoms with Gasteiger partial charge in [0.25, 0.3) is 5.91 Å². The van der Waals surface area contributed by atoms with Crippen molar-refractivity contribution in [2.75, 3.05) is 5.32 Å². The molecule has 0 unspecified atom stereocenters. The van der Waals surface area contributed by atoms with Crippen molar-refractivity contribution in [3.05, 3.63) is 39.7 Å². The average Bonchev–Trinajstić information content (AvgIpc) is 3.14. The fourth-order valence-electron chi connectivity index (χ4n) is 2.63. The molecule has 0 atom stereocenters. The first-order valence-electron chi connectivity index (χ1n) is 7.76. The second kappa shape index (κ2) is 6.76. The maximum Gasteiger partial charge on any atom is 0.267 e. The molecule has 3 aromatic rings. The fourth-order valence-corrected chi connectivity index (χ4v) is 4.74. The number of anilines is 1. The molecule has 120 valence electrons. The van der Waals surface area contributed by atoms with Crippen molar-refractivity contribution in [3.8, 4) is 0 Å². The molecule has 0 aliphatic heterocycles. The normalized spacial score (nSPS) is 11.3. The van der Waals surface area contributed by atoms with Crippen molar-refractivity contribution < 1.29 is 4.79 Å². The van der Waals surface area contributed by atoms with E-state index in [-0.39, 0.29) is 5.91 Å². The summed E-state index contributed by atoms with van der Waals surface area (Å²) in [6, 6.07) is 8.08. The predicted molar refractivity (Wildman–Crippen MR) is 97.7 cm³/mol. The summed E-state index contributed by atoms with van der Waals surface area (Å²) < 4.78 is 1.13. The highest BCUT2D eigenvalue weighted by Gasteiger charge is 2.18. The van der Waals surface area contributed by atoms with E-state index >= 15 is 0 Å². The first-order chi connectivity index (χ1) is 11.1. The quantitative estimate of drug-likeness (QED) is 0.690. The van der Waals surface area contributed by atoms with Crippen LogP contribution in [0.1, 0.15) is 52.8 Å². The van der Waals surface area contributed by atoms with Crippen LogP contribution in [0.15, 0.2) is 24.3 Å². The van der Waals surface area contributed by atoms with Crippen LogP contribution in [-0.4, -0.2) is 16.1 Å². The van der Waals surface area contributed by atoms with Crippen LogP contribution >= 0.6 is 22.7 Å². The molecular weight excluding hydrogens is 326 g/mol. The van der Waals surface area contributed by atoms with E-state index in [1.807, 2.05) is 31.2 Å². The smallest absolute Gasteiger partial charge is 0.267 e. The van der Waals surface area contributed by atoms with Crippen LogP contribution < -0.4 is 5.32 Å². The Labute approximate surface area is 143 Å². The van der Waals surface area contributed by atoms with Crippen LogP contribution in [0.25, 0.3) is 10.1 Å². The second-order valence-electron chi connectivity index (χ2n) is 5.47. The Morgan fingerprint density at radius 2 is 1.91 bits per heavy atom. The lowest BCUT2D eigenvalue weighted by molar-refractivity contribution is 0.103. The number of hydrogen-bond acceptors (Lipinski definition) is 5. The molecular formula is C17H19N3OS2. The lowest BCUT2D eigenvalue weighted by Gasteiger charge is -2.05. The van der Waals surface area contributed by atoms with Gasteiger partial charge in [0.05, 0.1) is 4.88 Å². The second-order valence-corrected chi connectivity index (χ2v) is 7.53. The minimum absolute atomic E-state index is 0.101. The van der Waals surface area contributed by atoms with Crippen molar-refractivity contribution in [3.63, 3.8) is 0 Å². The third-order valence-electron chi connectivity index (χ3n) is 4.05. The number of hydrogen-bond donors (Lipinski definition) is 1. The number of nitrogens with zero attached hydrogens (tertiary/aromatic N) is 2. The van der Waals surface area contributed by atoms with E-state index in [1.54, 1.807) is 0 Å². The zero-order valence-corrected chi connectivity index (χ0v) is 15.1. The number of carbonyl (C=O) groups excluding carboxylic acids is 1. The molecule has 1 aromatic carbocycles. The van der Waals surface area contributed by atoms with E-state index in [0.29, 0.717) is 11.0 Å². The minimum atomic E-state index is -0.101. The first-order valence-corrected chi connectivity index (χ1v) is 9.40. The number of amides is 1. The van der Waals surface area contributed by atoms with Crippen LogP contribution in [-0.2, 0) is 0 Å². The zero-order chi connectivity index (χ0) is 16.4. The summed E-state index contributed by atoms with van der Waals surface area (Å²) in [5.41, 5.74) is 1.02. The molecule has 0 aliphatic carbocycles. The Hall–Kier alpha value is -1.79. The summed E-state index contributed by atoms with van der Waals surface area (Å²) in [5, 5.41) is 14.0. The van der Waals surface area contributed by atoms with Crippen LogP contribution in [0, 0.1) is 6.92 Å². The van der Waals surface area contributed by atoms with Crippen LogP contribution in [0.5, 0.6) is 0 Å². The maximum absolute atomic E-state index is 12.6. The van der Waals surface area contributed by atoms with Gasteiger partial charge < -0.3 is 0 Å². The Morgan fingerprint density at radius 1 is 1.17 bits per heavy atom. The number of aryl methyl sites for hydroxylation is 1. The lowest BCUT2D eigenvalue weighted by Crippen LogP contribution is -2.11. The van der Waals surface area contributed by atoms with Gasteiger partial charge in [0.1, 0.15) is 5.01 Å². The minimum Gasteiger partial charge on any atom is -0.296 e. The van der Waals surface area contributed by atoms with E-state index in [9.17, 15) is 4.79 Å². The number of nitrogens with one attached hydrogen (secondary N) is 1. The number of rotatable bonds is 5. The molecule has 2 heterocycles. The van der Waals surface area contributed by atoms with Gasteiger partial charge in [0.2, 0.25) is 5.13 Å². The summed E-state index contributed by atoms with van der Waals surface area (Å²) in [6.07, 6.45) is 2.07. The first kappa shape index (κ1) is 16.1. The molecule has 6 heteroatoms. The van der Waals surface area contributed by atoms with Crippen molar-refractivity contribution in [2.24, 2.45) is 0 Å². The summed E-state index contributed by atoms with van der Waals surface area (Å²) in [4.78, 5) is 13.3. The van der Waals surface area contributed by atoms with Gasteiger partial charge >= 0.3 is 0 Å². The standard InChI is InChI=1S/C17H19N3OS2/c1-4-11(5-2)16-19-20-17(23-16)18-15(21)14-10(3)12-8-6-7-9-13(12)22-14/h6-9,11H,4-5H2,1-3H3,(H,18,20,21). The van der Waals surface area contributed by atoms with Gasteiger partial charge in [0, 0.05) is 10.6 Å². The Kier molecular flexibility index (Phi) is 4.73. The van der Waals surface area contributed by atoms with Crippen molar-refractivity contribution in [2.45, 2.75) is 39.5 Å². The lowest BCUT2D eigenvalue weighted by atomic mass is 10.1. The molecule has 1 N–H and O–H groups in total. The van der Waals surface area contributed by atoms with E-state index in [4.69, 9.17) is 0 Å². The van der Waals surface area contributed by atoms with Crippen LogP contribution in [0.2, 0.25) is 0 Å². The number of fused-ring (bicyclic) bond motifs is 1. The number of carbonyl (C=O) groups is 1. The Morgan fingerprint density at radius 3 is 2.61 bits per heavy atom. The molecule has 4 nitrogen and oxygen atoms in total. The topological polar surface area (TPSA) is 54.9 Å². The molecule has 2 aromatic heterocycles. The van der Waals surface area contributed by atoms with Gasteiger partial charge in [0.15, 0.2) is 0 Å². The highest BCUT2D eigenvalue weighted by molar-refractivity contribution is 7.21. The molecule has 3 rings (SSSR count). The average molecular weight is 345 g/mol. The number of thiophene rings is 1. The number of benzene rings is 1. The third-order valence-corrected chi connectivity index (χ3v) is 6.32. The summed E-state index contributed by atoms with van der Waals surface area (Å²) in [7, 11) is 0. The summed E-state index contributed by atoms with van der Waals surface area (Å²) >= 11 is 2.99. The van der Waals surface area contributed by atoms with E-state index in [2.05, 4.69) is 29.4 Å². The molecule has 0 radical (unpaired) electrons. The van der Waals surface area contributed by atoms with Gasteiger partial charge in [-0.1, -0.05) is 43.4 Å². The van der Waals surface area contributed by atoms with Crippen molar-refractivity contribution in [1.82, 2.24) is 10.2 Å². The van der Waals surface area contributed by atoms with Gasteiger partial charge in [-0.3, -0.25) is 10.1 Å². The maximum atomic E-state index is 12.6. The molecule has 0 saturated heterocycles. The van der Waals surface area contributed by atoms with Gasteiger partial charge in [-0.05, 0) is 36.8 Å².